The van der Waals surface area contributed by atoms with Gasteiger partial charge in [0, 0.05) is 24.5 Å². The third-order valence-electron chi connectivity index (χ3n) is 2.87. The van der Waals surface area contributed by atoms with Crippen molar-refractivity contribution in [2.45, 2.75) is 32.4 Å². The minimum atomic E-state index is 0. The lowest BCUT2D eigenvalue weighted by Gasteiger charge is -2.35. The number of hydrogen-bond acceptors (Lipinski definition) is 4. The zero-order chi connectivity index (χ0) is 10.7. The number of rotatable bonds is 5. The number of nitrogens with zero attached hydrogens (tertiary/aromatic N) is 2. The maximum atomic E-state index is 4.64. The summed E-state index contributed by atoms with van der Waals surface area (Å²) in [6, 6.07) is 0.712. The Bertz CT molecular complexity index is 312. The van der Waals surface area contributed by atoms with E-state index in [1.165, 1.54) is 17.1 Å². The Hall–Kier alpha value is -0.160. The molecular formula is C11H20ClN3S. The summed E-state index contributed by atoms with van der Waals surface area (Å²) in [7, 11) is 2.19. The second-order valence-corrected chi connectivity index (χ2v) is 5.15. The molecule has 3 nitrogen and oxygen atoms in total. The highest BCUT2D eigenvalue weighted by molar-refractivity contribution is 7.09. The average Bonchev–Trinajstić information content (AvgIpc) is 2.49. The van der Waals surface area contributed by atoms with E-state index in [1.54, 1.807) is 11.3 Å². The molecule has 0 saturated carbocycles. The summed E-state index contributed by atoms with van der Waals surface area (Å²) in [6.45, 7) is 5.46. The number of halogens is 1. The highest BCUT2D eigenvalue weighted by atomic mass is 35.5. The molecule has 0 aromatic carbocycles. The van der Waals surface area contributed by atoms with Gasteiger partial charge in [0.05, 0.1) is 12.2 Å². The molecule has 1 aromatic heterocycles. The van der Waals surface area contributed by atoms with Gasteiger partial charge in [-0.15, -0.1) is 23.7 Å². The van der Waals surface area contributed by atoms with Gasteiger partial charge in [-0.1, -0.05) is 13.3 Å². The molecule has 16 heavy (non-hydrogen) atoms. The number of aryl methyl sites for hydroxylation is 1. The molecule has 2 heterocycles. The number of likely N-dealkylation sites (N-methyl/N-ethyl adjacent to an activating group) is 1. The fraction of sp³-hybridized carbons (Fsp3) is 0.727. The Labute approximate surface area is 108 Å². The van der Waals surface area contributed by atoms with Crippen LogP contribution in [0.1, 0.15) is 24.0 Å². The second kappa shape index (κ2) is 6.55. The third-order valence-corrected chi connectivity index (χ3v) is 3.76. The molecule has 0 amide bonds. The maximum Gasteiger partial charge on any atom is 0.107 e. The SMILES string of the molecule is CCCc1csc(CN(C)C2CNC2)n1.Cl. The summed E-state index contributed by atoms with van der Waals surface area (Å²) in [5, 5.41) is 6.75. The van der Waals surface area contributed by atoms with Gasteiger partial charge in [0.2, 0.25) is 0 Å². The van der Waals surface area contributed by atoms with Gasteiger partial charge in [-0.05, 0) is 13.5 Å². The quantitative estimate of drug-likeness (QED) is 0.878. The molecule has 0 aliphatic carbocycles. The molecule has 1 aliphatic heterocycles. The van der Waals surface area contributed by atoms with E-state index in [0.29, 0.717) is 6.04 Å². The van der Waals surface area contributed by atoms with Crippen LogP contribution in [0.3, 0.4) is 0 Å². The van der Waals surface area contributed by atoms with Gasteiger partial charge in [-0.25, -0.2) is 4.98 Å². The highest BCUT2D eigenvalue weighted by Crippen LogP contribution is 2.15. The van der Waals surface area contributed by atoms with E-state index in [9.17, 15) is 0 Å². The predicted octanol–water partition coefficient (Wildman–Crippen LogP) is 1.92. The van der Waals surface area contributed by atoms with Crippen LogP contribution in [0.5, 0.6) is 0 Å². The summed E-state index contributed by atoms with van der Waals surface area (Å²) in [5.41, 5.74) is 1.26. The van der Waals surface area contributed by atoms with Crippen molar-refractivity contribution < 1.29 is 0 Å². The van der Waals surface area contributed by atoms with Crippen molar-refractivity contribution in [3.8, 4) is 0 Å². The minimum Gasteiger partial charge on any atom is -0.314 e. The normalized spacial score (nSPS) is 15.9. The first-order chi connectivity index (χ1) is 7.29. The molecule has 92 valence electrons. The molecule has 0 unspecified atom stereocenters. The van der Waals surface area contributed by atoms with Gasteiger partial charge in [0.15, 0.2) is 0 Å². The van der Waals surface area contributed by atoms with Crippen molar-refractivity contribution in [1.29, 1.82) is 0 Å². The van der Waals surface area contributed by atoms with E-state index < -0.39 is 0 Å². The van der Waals surface area contributed by atoms with Crippen LogP contribution in [-0.2, 0) is 13.0 Å². The van der Waals surface area contributed by atoms with Crippen LogP contribution in [0.4, 0.5) is 0 Å². The van der Waals surface area contributed by atoms with Crippen molar-refractivity contribution in [2.75, 3.05) is 20.1 Å². The molecule has 1 aliphatic rings. The molecule has 0 spiro atoms. The lowest BCUT2D eigenvalue weighted by molar-refractivity contribution is 0.173. The Morgan fingerprint density at radius 1 is 1.56 bits per heavy atom. The summed E-state index contributed by atoms with van der Waals surface area (Å²) in [6.07, 6.45) is 2.30. The molecule has 0 atom stereocenters. The standard InChI is InChI=1S/C11H19N3S.ClH/c1-3-4-9-8-15-11(13-9)7-14(2)10-5-12-6-10;/h8,10,12H,3-7H2,1-2H3;1H. The number of hydrogen-bond donors (Lipinski definition) is 1. The summed E-state index contributed by atoms with van der Waals surface area (Å²) in [4.78, 5) is 7.03. The van der Waals surface area contributed by atoms with Crippen LogP contribution in [0, 0.1) is 0 Å². The third kappa shape index (κ3) is 3.42. The van der Waals surface area contributed by atoms with Crippen LogP contribution in [0.25, 0.3) is 0 Å². The highest BCUT2D eigenvalue weighted by Gasteiger charge is 2.21. The van der Waals surface area contributed by atoms with Crippen LogP contribution in [-0.4, -0.2) is 36.1 Å². The topological polar surface area (TPSA) is 28.2 Å². The molecule has 1 aromatic rings. The van der Waals surface area contributed by atoms with Gasteiger partial charge in [0.1, 0.15) is 5.01 Å². The first-order valence-corrected chi connectivity index (χ1v) is 6.51. The van der Waals surface area contributed by atoms with Gasteiger partial charge in [0.25, 0.3) is 0 Å². The monoisotopic (exact) mass is 261 g/mol. The molecule has 2 rings (SSSR count). The van der Waals surface area contributed by atoms with E-state index in [2.05, 4.69) is 34.6 Å². The van der Waals surface area contributed by atoms with Crippen molar-refractivity contribution in [3.05, 3.63) is 16.1 Å². The van der Waals surface area contributed by atoms with E-state index in [0.717, 1.165) is 26.1 Å². The zero-order valence-electron chi connectivity index (χ0n) is 9.90. The fourth-order valence-electron chi connectivity index (χ4n) is 1.72. The first kappa shape index (κ1) is 13.9. The number of nitrogens with one attached hydrogen (secondary N) is 1. The van der Waals surface area contributed by atoms with Crippen molar-refractivity contribution in [2.24, 2.45) is 0 Å². The molecule has 0 radical (unpaired) electrons. The summed E-state index contributed by atoms with van der Waals surface area (Å²) < 4.78 is 0. The largest absolute Gasteiger partial charge is 0.314 e. The van der Waals surface area contributed by atoms with Crippen molar-refractivity contribution in [3.63, 3.8) is 0 Å². The Morgan fingerprint density at radius 3 is 2.88 bits per heavy atom. The van der Waals surface area contributed by atoms with Crippen LogP contribution in [0.2, 0.25) is 0 Å². The molecule has 1 fully saturated rings. The number of thiazole rings is 1. The second-order valence-electron chi connectivity index (χ2n) is 4.21. The van der Waals surface area contributed by atoms with Gasteiger partial charge < -0.3 is 5.32 Å². The zero-order valence-corrected chi connectivity index (χ0v) is 11.5. The van der Waals surface area contributed by atoms with Gasteiger partial charge >= 0.3 is 0 Å². The smallest absolute Gasteiger partial charge is 0.107 e. The molecule has 5 heteroatoms. The predicted molar refractivity (Wildman–Crippen MR) is 71.5 cm³/mol. The maximum absolute atomic E-state index is 4.64. The van der Waals surface area contributed by atoms with Gasteiger partial charge in [-0.3, -0.25) is 4.90 Å². The fourth-order valence-corrected chi connectivity index (χ4v) is 2.61. The lowest BCUT2D eigenvalue weighted by Crippen LogP contribution is -2.55. The van der Waals surface area contributed by atoms with E-state index in [-0.39, 0.29) is 12.4 Å². The minimum absolute atomic E-state index is 0. The Kier molecular flexibility index (Phi) is 5.69. The molecule has 1 N–H and O–H groups in total. The summed E-state index contributed by atoms with van der Waals surface area (Å²) in [5.74, 6) is 0. The first-order valence-electron chi connectivity index (χ1n) is 5.64. The average molecular weight is 262 g/mol. The van der Waals surface area contributed by atoms with Crippen LogP contribution < -0.4 is 5.32 Å². The Balaban J connectivity index is 0.00000128. The van der Waals surface area contributed by atoms with Crippen molar-refractivity contribution >= 4 is 23.7 Å². The van der Waals surface area contributed by atoms with E-state index in [4.69, 9.17) is 0 Å². The van der Waals surface area contributed by atoms with Crippen LogP contribution in [0.15, 0.2) is 5.38 Å². The summed E-state index contributed by atoms with van der Waals surface area (Å²) >= 11 is 1.80. The van der Waals surface area contributed by atoms with Gasteiger partial charge in [-0.2, -0.15) is 0 Å². The van der Waals surface area contributed by atoms with Crippen LogP contribution >= 0.6 is 23.7 Å². The molecular weight excluding hydrogens is 242 g/mol. The lowest BCUT2D eigenvalue weighted by atomic mass is 10.1. The Morgan fingerprint density at radius 2 is 2.31 bits per heavy atom. The van der Waals surface area contributed by atoms with E-state index >= 15 is 0 Å². The van der Waals surface area contributed by atoms with E-state index in [1.807, 2.05) is 0 Å². The molecule has 0 bridgehead atoms. The number of aromatic nitrogens is 1. The van der Waals surface area contributed by atoms with Crippen molar-refractivity contribution in [1.82, 2.24) is 15.2 Å². The molecule has 1 saturated heterocycles.